The summed E-state index contributed by atoms with van der Waals surface area (Å²) in [6, 6.07) is 0. The molecule has 0 aromatic carbocycles. The van der Waals surface area contributed by atoms with Crippen molar-refractivity contribution in [2.75, 3.05) is 0 Å². The molecule has 27 heavy (non-hydrogen) atoms. The van der Waals surface area contributed by atoms with E-state index in [1.54, 1.807) is 13.0 Å². The van der Waals surface area contributed by atoms with E-state index in [1.807, 2.05) is 0 Å². The van der Waals surface area contributed by atoms with E-state index in [9.17, 15) is 9.59 Å². The Morgan fingerprint density at radius 2 is 1.70 bits per heavy atom. The maximum Gasteiger partial charge on any atom is 0.330 e. The number of carbonyl (C=O) groups is 2. The average Bonchev–Trinajstić information content (AvgIpc) is 2.67. The lowest BCUT2D eigenvalue weighted by Gasteiger charge is -2.39. The molecule has 2 fully saturated rings. The Balaban J connectivity index is 1.82. The van der Waals surface area contributed by atoms with Crippen LogP contribution in [0.25, 0.3) is 0 Å². The van der Waals surface area contributed by atoms with Gasteiger partial charge in [-0.3, -0.25) is 4.79 Å². The third kappa shape index (κ3) is 7.31. The number of carbonyl (C=O) groups excluding carboxylic acids is 2. The van der Waals surface area contributed by atoms with E-state index >= 15 is 0 Å². The van der Waals surface area contributed by atoms with Gasteiger partial charge < -0.3 is 9.47 Å². The summed E-state index contributed by atoms with van der Waals surface area (Å²) in [6.45, 7) is 4.03. The van der Waals surface area contributed by atoms with Gasteiger partial charge in [0, 0.05) is 6.08 Å². The molecule has 0 unspecified atom stereocenters. The molecule has 154 valence electrons. The Morgan fingerprint density at radius 3 is 2.33 bits per heavy atom. The molecular weight excluding hydrogens is 340 g/mol. The maximum atomic E-state index is 12.9. The van der Waals surface area contributed by atoms with E-state index in [2.05, 4.69) is 6.92 Å². The Morgan fingerprint density at radius 1 is 1.00 bits per heavy atom. The number of esters is 2. The van der Waals surface area contributed by atoms with E-state index in [4.69, 9.17) is 9.47 Å². The van der Waals surface area contributed by atoms with Crippen LogP contribution in [0.1, 0.15) is 104 Å². The molecule has 0 aromatic rings. The predicted octanol–water partition coefficient (Wildman–Crippen LogP) is 5.88. The fraction of sp³-hybridized carbons (Fsp3) is 0.826. The lowest BCUT2D eigenvalue weighted by molar-refractivity contribution is -0.172. The summed E-state index contributed by atoms with van der Waals surface area (Å²) in [5.41, 5.74) is -0.210. The topological polar surface area (TPSA) is 52.6 Å². The van der Waals surface area contributed by atoms with E-state index in [1.165, 1.54) is 44.6 Å². The third-order valence-corrected chi connectivity index (χ3v) is 6.16. The third-order valence-electron chi connectivity index (χ3n) is 6.16. The zero-order chi connectivity index (χ0) is 19.5. The van der Waals surface area contributed by atoms with E-state index in [-0.39, 0.29) is 29.6 Å². The molecule has 2 aliphatic rings. The highest BCUT2D eigenvalue weighted by Crippen LogP contribution is 2.38. The van der Waals surface area contributed by atoms with Crippen molar-refractivity contribution in [1.29, 1.82) is 0 Å². The van der Waals surface area contributed by atoms with Crippen molar-refractivity contribution >= 4 is 11.9 Å². The summed E-state index contributed by atoms with van der Waals surface area (Å²) < 4.78 is 11.6. The number of rotatable bonds is 9. The Bertz CT molecular complexity index is 483. The minimum atomic E-state index is -0.281. The highest BCUT2D eigenvalue weighted by molar-refractivity contribution is 5.82. The van der Waals surface area contributed by atoms with Crippen LogP contribution < -0.4 is 0 Å². The first-order valence-electron chi connectivity index (χ1n) is 11.1. The van der Waals surface area contributed by atoms with Crippen LogP contribution in [-0.4, -0.2) is 23.6 Å². The highest BCUT2D eigenvalue weighted by Gasteiger charge is 2.38. The molecule has 0 aromatic heterocycles. The Labute approximate surface area is 165 Å². The predicted molar refractivity (Wildman–Crippen MR) is 107 cm³/mol. The van der Waals surface area contributed by atoms with Gasteiger partial charge in [0.2, 0.25) is 0 Å². The molecular formula is C23H38O4. The highest BCUT2D eigenvalue weighted by atomic mass is 16.6. The number of allylic oxidation sites excluding steroid dienone is 1. The van der Waals surface area contributed by atoms with E-state index < -0.39 is 0 Å². The van der Waals surface area contributed by atoms with Gasteiger partial charge in [-0.05, 0) is 71.1 Å². The summed E-state index contributed by atoms with van der Waals surface area (Å²) in [4.78, 5) is 24.4. The summed E-state index contributed by atoms with van der Waals surface area (Å²) in [7, 11) is 0. The number of unbranched alkanes of at least 4 members (excludes halogenated alkanes) is 3. The number of ether oxygens (including phenoxy) is 2. The molecule has 0 amide bonds. The molecule has 0 atom stereocenters. The van der Waals surface area contributed by atoms with Gasteiger partial charge in [-0.15, -0.1) is 0 Å². The van der Waals surface area contributed by atoms with Crippen LogP contribution in [-0.2, 0) is 19.1 Å². The lowest BCUT2D eigenvalue weighted by atomic mass is 9.80. The second kappa shape index (κ2) is 11.5. The molecule has 2 saturated carbocycles. The quantitative estimate of drug-likeness (QED) is 0.285. The first kappa shape index (κ1) is 22.0. The molecule has 0 N–H and O–H groups in total. The van der Waals surface area contributed by atoms with E-state index in [0.717, 1.165) is 51.4 Å². The van der Waals surface area contributed by atoms with Crippen molar-refractivity contribution < 1.29 is 19.1 Å². The van der Waals surface area contributed by atoms with Gasteiger partial charge >= 0.3 is 11.9 Å². The zero-order valence-electron chi connectivity index (χ0n) is 17.3. The number of hydrogen-bond acceptors (Lipinski definition) is 4. The molecule has 0 radical (unpaired) electrons. The maximum absolute atomic E-state index is 12.9. The molecule has 0 spiro atoms. The van der Waals surface area contributed by atoms with E-state index in [0.29, 0.717) is 0 Å². The van der Waals surface area contributed by atoms with Gasteiger partial charge in [0.15, 0.2) is 0 Å². The Hall–Kier alpha value is -1.32. The summed E-state index contributed by atoms with van der Waals surface area (Å²) in [5, 5.41) is 0. The largest absolute Gasteiger partial charge is 0.459 e. The second-order valence-corrected chi connectivity index (χ2v) is 8.39. The smallest absolute Gasteiger partial charge is 0.330 e. The van der Waals surface area contributed by atoms with Crippen molar-refractivity contribution in [2.24, 2.45) is 5.92 Å². The van der Waals surface area contributed by atoms with Crippen molar-refractivity contribution in [1.82, 2.24) is 0 Å². The standard InChI is InChI=1S/C23H38O4/c1-3-5-6-8-16-23(17-9-7-10-18-23)27-22(25)19-12-14-20(15-13-19)26-21(24)11-4-2/h4,11,19-20H,3,5-10,12-18H2,1-2H3/b11-4+. The lowest BCUT2D eigenvalue weighted by Crippen LogP contribution is -2.40. The van der Waals surface area contributed by atoms with Crippen LogP contribution in [0.3, 0.4) is 0 Å². The van der Waals surface area contributed by atoms with Gasteiger partial charge in [0.05, 0.1) is 5.92 Å². The van der Waals surface area contributed by atoms with Crippen molar-refractivity contribution in [3.63, 3.8) is 0 Å². The van der Waals surface area contributed by atoms with Gasteiger partial charge in [0.25, 0.3) is 0 Å². The van der Waals surface area contributed by atoms with Crippen LogP contribution in [0, 0.1) is 5.92 Å². The average molecular weight is 379 g/mol. The van der Waals surface area contributed by atoms with Crippen LogP contribution in [0.15, 0.2) is 12.2 Å². The van der Waals surface area contributed by atoms with Crippen molar-refractivity contribution in [2.45, 2.75) is 115 Å². The molecule has 0 bridgehead atoms. The van der Waals surface area contributed by atoms with Gasteiger partial charge in [-0.1, -0.05) is 38.7 Å². The number of hydrogen-bond donors (Lipinski definition) is 0. The zero-order valence-corrected chi connectivity index (χ0v) is 17.3. The minimum absolute atomic E-state index is 0.00868. The molecule has 2 rings (SSSR count). The second-order valence-electron chi connectivity index (χ2n) is 8.39. The van der Waals surface area contributed by atoms with Crippen LogP contribution in [0.5, 0.6) is 0 Å². The summed E-state index contributed by atoms with van der Waals surface area (Å²) >= 11 is 0. The Kier molecular flexibility index (Phi) is 9.36. The summed E-state index contributed by atoms with van der Waals surface area (Å²) in [6.07, 6.45) is 17.7. The fourth-order valence-corrected chi connectivity index (χ4v) is 4.53. The first-order valence-corrected chi connectivity index (χ1v) is 11.1. The molecule has 4 nitrogen and oxygen atoms in total. The van der Waals surface area contributed by atoms with Crippen molar-refractivity contribution in [3.8, 4) is 0 Å². The molecule has 4 heteroatoms. The normalized spacial score (nSPS) is 25.3. The van der Waals surface area contributed by atoms with Gasteiger partial charge in [0.1, 0.15) is 11.7 Å². The van der Waals surface area contributed by atoms with Crippen LogP contribution >= 0.6 is 0 Å². The summed E-state index contributed by atoms with van der Waals surface area (Å²) in [5.74, 6) is -0.321. The van der Waals surface area contributed by atoms with Crippen LogP contribution in [0.4, 0.5) is 0 Å². The van der Waals surface area contributed by atoms with Gasteiger partial charge in [-0.2, -0.15) is 0 Å². The SMILES string of the molecule is C/C=C/C(=O)OC1CCC(C(=O)OC2(CCCCCC)CCCCC2)CC1. The molecule has 0 saturated heterocycles. The molecule has 2 aliphatic carbocycles. The molecule has 0 aliphatic heterocycles. The monoisotopic (exact) mass is 378 g/mol. The van der Waals surface area contributed by atoms with Crippen molar-refractivity contribution in [3.05, 3.63) is 12.2 Å². The fourth-order valence-electron chi connectivity index (χ4n) is 4.53. The minimum Gasteiger partial charge on any atom is -0.459 e. The van der Waals surface area contributed by atoms with Crippen LogP contribution in [0.2, 0.25) is 0 Å². The van der Waals surface area contributed by atoms with Gasteiger partial charge in [-0.25, -0.2) is 4.79 Å². The first-order chi connectivity index (χ1) is 13.1. The molecule has 0 heterocycles.